The molecule has 0 fully saturated rings. The van der Waals surface area contributed by atoms with Crippen molar-refractivity contribution in [3.63, 3.8) is 0 Å². The molecule has 1 heterocycles. The van der Waals surface area contributed by atoms with Crippen molar-refractivity contribution < 1.29 is 0 Å². The molecule has 0 saturated carbocycles. The number of thiophene rings is 1. The molecule has 0 spiro atoms. The summed E-state index contributed by atoms with van der Waals surface area (Å²) < 4.78 is 1.44. The van der Waals surface area contributed by atoms with E-state index in [2.05, 4.69) is 37.3 Å². The van der Waals surface area contributed by atoms with E-state index in [0.29, 0.717) is 23.8 Å². The maximum absolute atomic E-state index is 9.04. The molecule has 5 nitrogen and oxygen atoms in total. The van der Waals surface area contributed by atoms with Crippen molar-refractivity contribution in [3.8, 4) is 6.07 Å². The fourth-order valence-electron chi connectivity index (χ4n) is 1.16. The van der Waals surface area contributed by atoms with Gasteiger partial charge in [-0.05, 0) is 40.5 Å². The van der Waals surface area contributed by atoms with Gasteiger partial charge in [-0.2, -0.15) is 5.26 Å². The van der Waals surface area contributed by atoms with E-state index in [4.69, 9.17) is 22.4 Å². The molecule has 90 valence electrons. The van der Waals surface area contributed by atoms with Crippen LogP contribution in [0.3, 0.4) is 0 Å². The Morgan fingerprint density at radius 2 is 2.53 bits per heavy atom. The lowest BCUT2D eigenvalue weighted by atomic mass is 10.2. The van der Waals surface area contributed by atoms with E-state index in [0.717, 1.165) is 9.35 Å². The lowest BCUT2D eigenvalue weighted by Crippen LogP contribution is -2.20. The molecule has 0 saturated heterocycles. The van der Waals surface area contributed by atoms with E-state index in [1.165, 1.54) is 11.3 Å². The van der Waals surface area contributed by atoms with Crippen LogP contribution in [0.5, 0.6) is 0 Å². The summed E-state index contributed by atoms with van der Waals surface area (Å²) in [6, 6.07) is 3.62. The van der Waals surface area contributed by atoms with Gasteiger partial charge in [-0.3, -0.25) is 5.32 Å². The largest absolute Gasteiger partial charge is 0.298 e. The minimum Gasteiger partial charge on any atom is -0.298 e. The maximum Gasteiger partial charge on any atom is 0.130 e. The molecular weight excluding hydrogens is 326 g/mol. The molecule has 1 aromatic heterocycles. The molecule has 1 unspecified atom stereocenters. The average molecular weight is 335 g/mol. The standard InChI is InChI=1S/C9H9BrClN5S/c10-6-4-8(17-9(6)11)7(5-12)14-2-1-3-15-16-13/h4,7,14H,1-3H2. The molecule has 1 aromatic rings. The Morgan fingerprint density at radius 1 is 1.76 bits per heavy atom. The van der Waals surface area contributed by atoms with Gasteiger partial charge in [0, 0.05) is 20.8 Å². The van der Waals surface area contributed by atoms with Crippen LogP contribution < -0.4 is 5.32 Å². The third kappa shape index (κ3) is 4.54. The normalized spacial score (nSPS) is 11.6. The number of hydrogen-bond acceptors (Lipinski definition) is 4. The van der Waals surface area contributed by atoms with Gasteiger partial charge in [0.25, 0.3) is 0 Å². The van der Waals surface area contributed by atoms with E-state index in [1.807, 2.05) is 6.07 Å². The second kappa shape index (κ2) is 7.54. The number of halogens is 2. The Kier molecular flexibility index (Phi) is 6.34. The monoisotopic (exact) mass is 333 g/mol. The van der Waals surface area contributed by atoms with Crippen LogP contribution in [0, 0.1) is 11.3 Å². The Balaban J connectivity index is 2.49. The van der Waals surface area contributed by atoms with Gasteiger partial charge in [0.15, 0.2) is 0 Å². The molecule has 0 aliphatic rings. The summed E-state index contributed by atoms with van der Waals surface area (Å²) in [7, 11) is 0. The van der Waals surface area contributed by atoms with Crippen molar-refractivity contribution in [1.29, 1.82) is 5.26 Å². The zero-order valence-corrected chi connectivity index (χ0v) is 11.9. The third-order valence-corrected chi connectivity index (χ3v) is 4.46. The van der Waals surface area contributed by atoms with Gasteiger partial charge < -0.3 is 0 Å². The first-order valence-corrected chi connectivity index (χ1v) is 6.76. The quantitative estimate of drug-likeness (QED) is 0.369. The fourth-order valence-corrected chi connectivity index (χ4v) is 2.91. The number of azide groups is 1. The van der Waals surface area contributed by atoms with Gasteiger partial charge in [-0.1, -0.05) is 16.7 Å². The molecular formula is C9H9BrClN5S. The van der Waals surface area contributed by atoms with E-state index in [9.17, 15) is 0 Å². The van der Waals surface area contributed by atoms with Crippen molar-refractivity contribution >= 4 is 38.9 Å². The zero-order valence-electron chi connectivity index (χ0n) is 8.73. The summed E-state index contributed by atoms with van der Waals surface area (Å²) >= 11 is 10.6. The number of nitriles is 1. The third-order valence-electron chi connectivity index (χ3n) is 1.92. The van der Waals surface area contributed by atoms with Gasteiger partial charge in [-0.25, -0.2) is 0 Å². The predicted molar refractivity (Wildman–Crippen MR) is 72.0 cm³/mol. The molecule has 1 atom stereocenters. The Morgan fingerprint density at radius 3 is 3.06 bits per heavy atom. The fraction of sp³-hybridized carbons (Fsp3) is 0.444. The number of nitrogens with one attached hydrogen (secondary N) is 1. The zero-order chi connectivity index (χ0) is 12.7. The molecule has 0 aromatic carbocycles. The van der Waals surface area contributed by atoms with Gasteiger partial charge in [0.1, 0.15) is 10.4 Å². The summed E-state index contributed by atoms with van der Waals surface area (Å²) in [6.07, 6.45) is 0.697. The van der Waals surface area contributed by atoms with Crippen LogP contribution in [0.25, 0.3) is 10.4 Å². The number of nitrogens with zero attached hydrogens (tertiary/aromatic N) is 4. The lowest BCUT2D eigenvalue weighted by molar-refractivity contribution is 0.613. The first-order chi connectivity index (χ1) is 8.19. The van der Waals surface area contributed by atoms with Crippen LogP contribution in [0.4, 0.5) is 0 Å². The molecule has 0 bridgehead atoms. The average Bonchev–Trinajstić information content (AvgIpc) is 2.64. The Bertz CT molecular complexity index is 443. The molecule has 1 N–H and O–H groups in total. The Labute approximate surface area is 116 Å². The van der Waals surface area contributed by atoms with Gasteiger partial charge in [-0.15, -0.1) is 11.3 Å². The summed E-state index contributed by atoms with van der Waals surface area (Å²) in [5.74, 6) is 0. The highest BCUT2D eigenvalue weighted by Crippen LogP contribution is 2.34. The topological polar surface area (TPSA) is 84.6 Å². The van der Waals surface area contributed by atoms with Crippen LogP contribution in [-0.4, -0.2) is 13.1 Å². The molecule has 8 heteroatoms. The Hall–Kier alpha value is -0.770. The van der Waals surface area contributed by atoms with Gasteiger partial charge in [0.2, 0.25) is 0 Å². The van der Waals surface area contributed by atoms with E-state index >= 15 is 0 Å². The summed E-state index contributed by atoms with van der Waals surface area (Å²) in [5, 5.41) is 15.5. The molecule has 17 heavy (non-hydrogen) atoms. The van der Waals surface area contributed by atoms with Crippen molar-refractivity contribution in [2.24, 2.45) is 5.11 Å². The molecule has 1 rings (SSSR count). The summed E-state index contributed by atoms with van der Waals surface area (Å²) in [5.41, 5.74) is 8.10. The van der Waals surface area contributed by atoms with Crippen LogP contribution in [0.2, 0.25) is 4.34 Å². The van der Waals surface area contributed by atoms with E-state index < -0.39 is 0 Å². The second-order valence-electron chi connectivity index (χ2n) is 3.09. The summed E-state index contributed by atoms with van der Waals surface area (Å²) in [6.45, 7) is 1.04. The molecule has 0 aliphatic heterocycles. The van der Waals surface area contributed by atoms with Gasteiger partial charge >= 0.3 is 0 Å². The molecule has 0 aliphatic carbocycles. The summed E-state index contributed by atoms with van der Waals surface area (Å²) in [4.78, 5) is 3.52. The van der Waals surface area contributed by atoms with Crippen LogP contribution in [0.15, 0.2) is 15.7 Å². The minimum atomic E-state index is -0.380. The van der Waals surface area contributed by atoms with Crippen LogP contribution in [0.1, 0.15) is 17.3 Å². The van der Waals surface area contributed by atoms with E-state index in [-0.39, 0.29) is 6.04 Å². The second-order valence-corrected chi connectivity index (χ2v) is 5.63. The first-order valence-electron chi connectivity index (χ1n) is 4.77. The van der Waals surface area contributed by atoms with E-state index in [1.54, 1.807) is 0 Å². The maximum atomic E-state index is 9.04. The number of hydrogen-bond donors (Lipinski definition) is 1. The van der Waals surface area contributed by atoms with Crippen LogP contribution in [-0.2, 0) is 0 Å². The van der Waals surface area contributed by atoms with Crippen LogP contribution >= 0.6 is 38.9 Å². The lowest BCUT2D eigenvalue weighted by Gasteiger charge is -2.08. The van der Waals surface area contributed by atoms with Crippen molar-refractivity contribution in [3.05, 3.63) is 30.2 Å². The van der Waals surface area contributed by atoms with Crippen molar-refractivity contribution in [2.45, 2.75) is 12.5 Å². The highest BCUT2D eigenvalue weighted by molar-refractivity contribution is 9.10. The highest BCUT2D eigenvalue weighted by atomic mass is 79.9. The highest BCUT2D eigenvalue weighted by Gasteiger charge is 2.14. The first kappa shape index (κ1) is 14.3. The van der Waals surface area contributed by atoms with Crippen molar-refractivity contribution in [2.75, 3.05) is 13.1 Å². The SMILES string of the molecule is N#CC(NCCCN=[N+]=[N-])c1cc(Br)c(Cl)s1. The number of rotatable bonds is 6. The molecule has 0 radical (unpaired) electrons. The van der Waals surface area contributed by atoms with Crippen molar-refractivity contribution in [1.82, 2.24) is 5.32 Å². The predicted octanol–water partition coefficient (Wildman–Crippen LogP) is 4.02. The smallest absolute Gasteiger partial charge is 0.130 e. The molecule has 0 amide bonds. The van der Waals surface area contributed by atoms with Gasteiger partial charge in [0.05, 0.1) is 6.07 Å². The minimum absolute atomic E-state index is 0.380.